The van der Waals surface area contributed by atoms with Crippen LogP contribution < -0.4 is 14.2 Å². The molecule has 138 valence electrons. The van der Waals surface area contributed by atoms with Gasteiger partial charge in [-0.2, -0.15) is 0 Å². The first-order valence-corrected chi connectivity index (χ1v) is 7.82. The summed E-state index contributed by atoms with van der Waals surface area (Å²) in [5.41, 5.74) is 0.601. The zero-order chi connectivity index (χ0) is 18.7. The molecule has 8 heteroatoms. The van der Waals surface area contributed by atoms with Gasteiger partial charge in [-0.15, -0.1) is 13.2 Å². The Balaban J connectivity index is 1.76. The lowest BCUT2D eigenvalue weighted by Crippen LogP contribution is -2.27. The maximum Gasteiger partial charge on any atom is 0.573 e. The summed E-state index contributed by atoms with van der Waals surface area (Å²) in [6.07, 6.45) is -4.80. The van der Waals surface area contributed by atoms with Gasteiger partial charge < -0.3 is 19.1 Å². The fraction of sp³-hybridized carbons (Fsp3) is 0.278. The van der Waals surface area contributed by atoms with E-state index in [2.05, 4.69) is 4.74 Å². The fourth-order valence-electron chi connectivity index (χ4n) is 2.58. The molecule has 1 aliphatic rings. The van der Waals surface area contributed by atoms with Gasteiger partial charge in [0.1, 0.15) is 19.0 Å². The van der Waals surface area contributed by atoms with E-state index in [1.165, 1.54) is 30.1 Å². The number of fused-ring (bicyclic) bond motifs is 1. The Morgan fingerprint density at radius 3 is 2.54 bits per heavy atom. The summed E-state index contributed by atoms with van der Waals surface area (Å²) in [4.78, 5) is 13.9. The highest BCUT2D eigenvalue weighted by molar-refractivity contribution is 5.94. The molecule has 0 saturated heterocycles. The number of benzene rings is 2. The quantitative estimate of drug-likeness (QED) is 0.828. The number of ether oxygens (including phenoxy) is 3. The molecule has 0 unspecified atom stereocenters. The van der Waals surface area contributed by atoms with E-state index in [-0.39, 0.29) is 23.8 Å². The highest BCUT2D eigenvalue weighted by Gasteiger charge is 2.32. The second-order valence-corrected chi connectivity index (χ2v) is 5.68. The van der Waals surface area contributed by atoms with Crippen molar-refractivity contribution in [1.29, 1.82) is 0 Å². The maximum atomic E-state index is 12.6. The monoisotopic (exact) mass is 367 g/mol. The van der Waals surface area contributed by atoms with Crippen LogP contribution >= 0.6 is 0 Å². The minimum atomic E-state index is -4.80. The molecular formula is C18H16F3NO4. The van der Waals surface area contributed by atoms with Crippen LogP contribution in [0.3, 0.4) is 0 Å². The summed E-state index contributed by atoms with van der Waals surface area (Å²) in [6, 6.07) is 10.5. The van der Waals surface area contributed by atoms with Crippen LogP contribution in [-0.4, -0.2) is 37.4 Å². The van der Waals surface area contributed by atoms with Crippen molar-refractivity contribution in [2.24, 2.45) is 0 Å². The van der Waals surface area contributed by atoms with Crippen LogP contribution in [0.15, 0.2) is 42.5 Å². The molecule has 2 aromatic rings. The van der Waals surface area contributed by atoms with Gasteiger partial charge in [-0.25, -0.2) is 0 Å². The lowest BCUT2D eigenvalue weighted by atomic mass is 10.1. The zero-order valence-corrected chi connectivity index (χ0v) is 13.9. The summed E-state index contributed by atoms with van der Waals surface area (Å²) in [5, 5.41) is 0. The molecule has 0 radical (unpaired) electrons. The second-order valence-electron chi connectivity index (χ2n) is 5.68. The molecule has 1 aliphatic heterocycles. The van der Waals surface area contributed by atoms with E-state index in [4.69, 9.17) is 9.47 Å². The van der Waals surface area contributed by atoms with Gasteiger partial charge in [0, 0.05) is 24.7 Å². The van der Waals surface area contributed by atoms with Crippen LogP contribution in [0.25, 0.3) is 0 Å². The number of para-hydroxylation sites is 1. The lowest BCUT2D eigenvalue weighted by molar-refractivity contribution is -0.275. The van der Waals surface area contributed by atoms with Crippen LogP contribution in [0.4, 0.5) is 13.2 Å². The average Bonchev–Trinajstić information content (AvgIpc) is 2.61. The van der Waals surface area contributed by atoms with Gasteiger partial charge in [-0.3, -0.25) is 4.79 Å². The smallest absolute Gasteiger partial charge is 0.486 e. The Bertz CT molecular complexity index is 807. The van der Waals surface area contributed by atoms with E-state index < -0.39 is 6.36 Å². The third-order valence-electron chi connectivity index (χ3n) is 3.74. The normalized spacial score (nSPS) is 13.2. The molecule has 0 aromatic heterocycles. The van der Waals surface area contributed by atoms with Gasteiger partial charge in [0.25, 0.3) is 5.91 Å². The van der Waals surface area contributed by atoms with E-state index in [9.17, 15) is 18.0 Å². The summed E-state index contributed by atoms with van der Waals surface area (Å²) in [6.45, 7) is 0.790. The van der Waals surface area contributed by atoms with E-state index in [0.29, 0.717) is 30.3 Å². The van der Waals surface area contributed by atoms with Gasteiger partial charge in [0.2, 0.25) is 0 Å². The van der Waals surface area contributed by atoms with Crippen molar-refractivity contribution < 1.29 is 32.2 Å². The van der Waals surface area contributed by atoms with Gasteiger partial charge in [-0.1, -0.05) is 18.2 Å². The first-order chi connectivity index (χ1) is 12.3. The Morgan fingerprint density at radius 2 is 1.81 bits per heavy atom. The van der Waals surface area contributed by atoms with Crippen LogP contribution in [0.1, 0.15) is 15.9 Å². The molecule has 26 heavy (non-hydrogen) atoms. The van der Waals surface area contributed by atoms with Crippen LogP contribution in [-0.2, 0) is 6.54 Å². The summed E-state index contributed by atoms with van der Waals surface area (Å²) in [5.74, 6) is 0.335. The number of carbonyl (C=O) groups is 1. The number of nitrogens with zero attached hydrogens (tertiary/aromatic N) is 1. The summed E-state index contributed by atoms with van der Waals surface area (Å²) < 4.78 is 52.4. The number of hydrogen-bond acceptors (Lipinski definition) is 4. The maximum absolute atomic E-state index is 12.6. The predicted molar refractivity (Wildman–Crippen MR) is 86.4 cm³/mol. The molecule has 2 aromatic carbocycles. The highest BCUT2D eigenvalue weighted by Crippen LogP contribution is 2.31. The predicted octanol–water partition coefficient (Wildman–Crippen LogP) is 3.63. The molecule has 0 saturated carbocycles. The summed E-state index contributed by atoms with van der Waals surface area (Å²) in [7, 11) is 1.50. The molecule has 0 atom stereocenters. The minimum Gasteiger partial charge on any atom is -0.486 e. The van der Waals surface area contributed by atoms with Crippen molar-refractivity contribution >= 4 is 5.91 Å². The van der Waals surface area contributed by atoms with Crippen molar-refractivity contribution in [3.05, 3.63) is 53.6 Å². The van der Waals surface area contributed by atoms with Crippen LogP contribution in [0.2, 0.25) is 0 Å². The Kier molecular flexibility index (Phi) is 4.92. The average molecular weight is 367 g/mol. The minimum absolute atomic E-state index is 0.0421. The van der Waals surface area contributed by atoms with Crippen molar-refractivity contribution in [2.45, 2.75) is 12.9 Å². The topological polar surface area (TPSA) is 48.0 Å². The molecule has 0 aliphatic carbocycles. The van der Waals surface area contributed by atoms with Crippen molar-refractivity contribution in [3.63, 3.8) is 0 Å². The Hall–Kier alpha value is -2.90. The molecule has 5 nitrogen and oxygen atoms in total. The van der Waals surface area contributed by atoms with Crippen molar-refractivity contribution in [1.82, 2.24) is 4.90 Å². The van der Waals surface area contributed by atoms with E-state index in [1.807, 2.05) is 0 Å². The zero-order valence-electron chi connectivity index (χ0n) is 13.9. The third-order valence-corrected chi connectivity index (χ3v) is 3.74. The first kappa shape index (κ1) is 17.9. The standard InChI is InChI=1S/C18H16F3NO4/c1-22(11-13-4-2-3-5-14(13)26-18(19,20)21)17(23)12-6-7-15-16(10-12)25-9-8-24-15/h2-7,10H,8-9,11H2,1H3. The largest absolute Gasteiger partial charge is 0.573 e. The number of rotatable bonds is 4. The number of amides is 1. The molecule has 1 heterocycles. The highest BCUT2D eigenvalue weighted by atomic mass is 19.4. The number of alkyl halides is 3. The van der Waals surface area contributed by atoms with Gasteiger partial charge in [0.05, 0.1) is 0 Å². The van der Waals surface area contributed by atoms with E-state index >= 15 is 0 Å². The molecule has 1 amide bonds. The fourth-order valence-corrected chi connectivity index (χ4v) is 2.58. The first-order valence-electron chi connectivity index (χ1n) is 7.82. The SMILES string of the molecule is CN(Cc1ccccc1OC(F)(F)F)C(=O)c1ccc2c(c1)OCCO2. The van der Waals surface area contributed by atoms with Crippen molar-refractivity contribution in [3.8, 4) is 17.2 Å². The molecular weight excluding hydrogens is 351 g/mol. The van der Waals surface area contributed by atoms with Gasteiger partial charge in [-0.05, 0) is 24.3 Å². The third kappa shape index (κ3) is 4.19. The van der Waals surface area contributed by atoms with Crippen LogP contribution in [0, 0.1) is 0 Å². The van der Waals surface area contributed by atoms with E-state index in [1.54, 1.807) is 24.3 Å². The van der Waals surface area contributed by atoms with Gasteiger partial charge in [0.15, 0.2) is 11.5 Å². The van der Waals surface area contributed by atoms with E-state index in [0.717, 1.165) is 0 Å². The van der Waals surface area contributed by atoms with Crippen LogP contribution in [0.5, 0.6) is 17.2 Å². The summed E-state index contributed by atoms with van der Waals surface area (Å²) >= 11 is 0. The molecule has 0 fully saturated rings. The second kappa shape index (κ2) is 7.15. The van der Waals surface area contributed by atoms with Crippen molar-refractivity contribution in [2.75, 3.05) is 20.3 Å². The molecule has 0 bridgehead atoms. The molecule has 0 spiro atoms. The number of carbonyl (C=O) groups excluding carboxylic acids is 1. The Labute approximate surface area is 147 Å². The Morgan fingerprint density at radius 1 is 1.12 bits per heavy atom. The number of halogens is 3. The van der Waals surface area contributed by atoms with Gasteiger partial charge >= 0.3 is 6.36 Å². The molecule has 0 N–H and O–H groups in total. The molecule has 3 rings (SSSR count). The lowest BCUT2D eigenvalue weighted by Gasteiger charge is -2.22. The number of hydrogen-bond donors (Lipinski definition) is 0.